The fraction of sp³-hybridized carbons (Fsp3) is 0.500. The van der Waals surface area contributed by atoms with Crippen LogP contribution in [-0.4, -0.2) is 62.8 Å². The monoisotopic (exact) mass is 422 g/mol. The van der Waals surface area contributed by atoms with E-state index < -0.39 is 0 Å². The molecule has 2 fully saturated rings. The Balaban J connectivity index is 1.35. The largest absolute Gasteiger partial charge is 0.378 e. The molecular weight excluding hydrogens is 388 g/mol. The highest BCUT2D eigenvalue weighted by Crippen LogP contribution is 2.34. The molecule has 0 spiro atoms. The van der Waals surface area contributed by atoms with Crippen molar-refractivity contribution in [2.75, 3.05) is 51.4 Å². The molecule has 0 bridgehead atoms. The Morgan fingerprint density at radius 3 is 2.26 bits per heavy atom. The van der Waals surface area contributed by atoms with Crippen LogP contribution in [0.5, 0.6) is 0 Å². The smallest absolute Gasteiger partial charge is 0.165 e. The van der Waals surface area contributed by atoms with Gasteiger partial charge in [0.05, 0.1) is 18.8 Å². The summed E-state index contributed by atoms with van der Waals surface area (Å²) in [7, 11) is 1.75. The van der Waals surface area contributed by atoms with Crippen molar-refractivity contribution >= 4 is 11.5 Å². The Morgan fingerprint density at radius 1 is 1.00 bits per heavy atom. The van der Waals surface area contributed by atoms with E-state index in [0.717, 1.165) is 57.8 Å². The lowest BCUT2D eigenvalue weighted by molar-refractivity contribution is -0.0624. The van der Waals surface area contributed by atoms with Gasteiger partial charge in [-0.15, -0.1) is 0 Å². The van der Waals surface area contributed by atoms with Crippen molar-refractivity contribution in [1.29, 1.82) is 0 Å². The molecule has 2 aliphatic rings. The van der Waals surface area contributed by atoms with Crippen molar-refractivity contribution in [2.24, 2.45) is 0 Å². The third kappa shape index (κ3) is 5.17. The Hall–Kier alpha value is -2.21. The Bertz CT molecular complexity index is 839. The van der Waals surface area contributed by atoms with Crippen LogP contribution in [0.15, 0.2) is 54.6 Å². The number of hydrogen-bond acceptors (Lipinski definition) is 5. The Morgan fingerprint density at radius 2 is 1.65 bits per heavy atom. The first-order valence-corrected chi connectivity index (χ1v) is 11.4. The minimum Gasteiger partial charge on any atom is -0.378 e. The van der Waals surface area contributed by atoms with Crippen LogP contribution < -0.4 is 4.90 Å². The van der Waals surface area contributed by atoms with Gasteiger partial charge in [-0.2, -0.15) is 0 Å². The number of rotatable bonds is 7. The van der Waals surface area contributed by atoms with E-state index in [1.54, 1.807) is 7.11 Å². The Labute approximate surface area is 185 Å². The molecule has 0 N–H and O–H groups in total. The fourth-order valence-corrected chi connectivity index (χ4v) is 4.79. The molecule has 2 saturated heterocycles. The van der Waals surface area contributed by atoms with Crippen LogP contribution in [0, 0.1) is 0 Å². The van der Waals surface area contributed by atoms with Crippen molar-refractivity contribution in [2.45, 2.75) is 37.8 Å². The van der Waals surface area contributed by atoms with Crippen LogP contribution in [0.25, 0.3) is 0 Å². The lowest BCUT2D eigenvalue weighted by Crippen LogP contribution is -2.47. The van der Waals surface area contributed by atoms with Gasteiger partial charge >= 0.3 is 0 Å². The predicted molar refractivity (Wildman–Crippen MR) is 124 cm³/mol. The third-order valence-corrected chi connectivity index (χ3v) is 7.02. The van der Waals surface area contributed by atoms with E-state index in [2.05, 4.69) is 41.0 Å². The lowest BCUT2D eigenvalue weighted by atomic mass is 9.84. The molecule has 5 heteroatoms. The summed E-state index contributed by atoms with van der Waals surface area (Å²) < 4.78 is 11.4. The molecule has 31 heavy (non-hydrogen) atoms. The van der Waals surface area contributed by atoms with Gasteiger partial charge in [-0.05, 0) is 37.5 Å². The maximum Gasteiger partial charge on any atom is 0.165 e. The zero-order chi connectivity index (χ0) is 21.7. The summed E-state index contributed by atoms with van der Waals surface area (Å²) in [6, 6.07) is 18.9. The number of methoxy groups -OCH3 is 1. The normalized spacial score (nSPS) is 20.4. The van der Waals surface area contributed by atoms with E-state index >= 15 is 0 Å². The summed E-state index contributed by atoms with van der Waals surface area (Å²) in [5, 5.41) is 0. The number of piperidine rings is 1. The van der Waals surface area contributed by atoms with Gasteiger partial charge in [0, 0.05) is 57.0 Å². The summed E-state index contributed by atoms with van der Waals surface area (Å²) in [6.07, 6.45) is 2.19. The van der Waals surface area contributed by atoms with E-state index in [9.17, 15) is 4.79 Å². The standard InChI is InChI=1S/C26H34N2O3/c1-21(22-8-10-24(11-9-22)28-16-18-31-19-17-28)27-14-12-26(30-2,13-15-27)20-25(29)23-6-4-3-5-7-23/h3-11,21H,12-20H2,1-2H3. The Kier molecular flexibility index (Phi) is 7.06. The van der Waals surface area contributed by atoms with Gasteiger partial charge < -0.3 is 14.4 Å². The van der Waals surface area contributed by atoms with E-state index in [4.69, 9.17) is 9.47 Å². The predicted octanol–water partition coefficient (Wildman–Crippen LogP) is 4.34. The molecule has 0 aromatic heterocycles. The number of anilines is 1. The van der Waals surface area contributed by atoms with Crippen LogP contribution in [0.2, 0.25) is 0 Å². The van der Waals surface area contributed by atoms with Crippen molar-refractivity contribution in [3.63, 3.8) is 0 Å². The van der Waals surface area contributed by atoms with Gasteiger partial charge in [-0.25, -0.2) is 0 Å². The molecule has 2 aliphatic heterocycles. The summed E-state index contributed by atoms with van der Waals surface area (Å²) >= 11 is 0. The highest BCUT2D eigenvalue weighted by molar-refractivity contribution is 5.96. The van der Waals surface area contributed by atoms with Gasteiger partial charge in [0.15, 0.2) is 5.78 Å². The second-order valence-electron chi connectivity index (χ2n) is 8.76. The molecular formula is C26H34N2O3. The number of carbonyl (C=O) groups excluding carboxylic acids is 1. The highest BCUT2D eigenvalue weighted by Gasteiger charge is 2.38. The zero-order valence-electron chi connectivity index (χ0n) is 18.8. The van der Waals surface area contributed by atoms with E-state index in [1.165, 1.54) is 11.3 Å². The summed E-state index contributed by atoms with van der Waals surface area (Å²) in [5.41, 5.74) is 3.02. The maximum atomic E-state index is 12.8. The van der Waals surface area contributed by atoms with Crippen molar-refractivity contribution in [3.05, 3.63) is 65.7 Å². The molecule has 5 nitrogen and oxygen atoms in total. The number of carbonyl (C=O) groups is 1. The van der Waals surface area contributed by atoms with Crippen LogP contribution >= 0.6 is 0 Å². The van der Waals surface area contributed by atoms with Crippen LogP contribution in [-0.2, 0) is 9.47 Å². The first-order valence-electron chi connectivity index (χ1n) is 11.4. The molecule has 2 heterocycles. The summed E-state index contributed by atoms with van der Waals surface area (Å²) in [6.45, 7) is 7.67. The molecule has 0 saturated carbocycles. The molecule has 2 aromatic carbocycles. The number of likely N-dealkylation sites (tertiary alicyclic amines) is 1. The zero-order valence-corrected chi connectivity index (χ0v) is 18.8. The minimum absolute atomic E-state index is 0.169. The van der Waals surface area contributed by atoms with E-state index in [0.29, 0.717) is 12.5 Å². The minimum atomic E-state index is -0.358. The SMILES string of the molecule is COC1(CC(=O)c2ccccc2)CCN(C(C)c2ccc(N3CCOCC3)cc2)CC1. The summed E-state index contributed by atoms with van der Waals surface area (Å²) in [5.74, 6) is 0.169. The lowest BCUT2D eigenvalue weighted by Gasteiger charge is -2.43. The molecule has 1 atom stereocenters. The van der Waals surface area contributed by atoms with E-state index in [1.807, 2.05) is 30.3 Å². The fourth-order valence-electron chi connectivity index (χ4n) is 4.79. The van der Waals surface area contributed by atoms with Gasteiger partial charge in [0.1, 0.15) is 0 Å². The summed E-state index contributed by atoms with van der Waals surface area (Å²) in [4.78, 5) is 17.7. The van der Waals surface area contributed by atoms with Gasteiger partial charge in [0.2, 0.25) is 0 Å². The molecule has 4 rings (SSSR count). The number of hydrogen-bond donors (Lipinski definition) is 0. The number of ether oxygens (including phenoxy) is 2. The van der Waals surface area contributed by atoms with E-state index in [-0.39, 0.29) is 11.4 Å². The first kappa shape index (κ1) is 22.0. The second kappa shape index (κ2) is 9.94. The number of nitrogens with zero attached hydrogens (tertiary/aromatic N) is 2. The quantitative estimate of drug-likeness (QED) is 0.621. The molecule has 0 amide bonds. The molecule has 0 aliphatic carbocycles. The average Bonchev–Trinajstić information content (AvgIpc) is 2.85. The number of Topliss-reactive ketones (excluding diaryl/α,β-unsaturated/α-hetero) is 1. The average molecular weight is 423 g/mol. The van der Waals surface area contributed by atoms with Crippen molar-refractivity contribution < 1.29 is 14.3 Å². The number of morpholine rings is 1. The maximum absolute atomic E-state index is 12.8. The molecule has 1 unspecified atom stereocenters. The van der Waals surface area contributed by atoms with Crippen molar-refractivity contribution in [3.8, 4) is 0 Å². The topological polar surface area (TPSA) is 42.0 Å². The molecule has 166 valence electrons. The first-order chi connectivity index (χ1) is 15.1. The number of ketones is 1. The van der Waals surface area contributed by atoms with Crippen LogP contribution in [0.4, 0.5) is 5.69 Å². The molecule has 0 radical (unpaired) electrons. The molecule has 2 aromatic rings. The van der Waals surface area contributed by atoms with Crippen molar-refractivity contribution in [1.82, 2.24) is 4.90 Å². The van der Waals surface area contributed by atoms with Gasteiger partial charge in [-0.3, -0.25) is 9.69 Å². The van der Waals surface area contributed by atoms with Crippen LogP contribution in [0.1, 0.15) is 48.1 Å². The highest BCUT2D eigenvalue weighted by atomic mass is 16.5. The van der Waals surface area contributed by atoms with Gasteiger partial charge in [-0.1, -0.05) is 42.5 Å². The van der Waals surface area contributed by atoms with Gasteiger partial charge in [0.25, 0.3) is 0 Å². The third-order valence-electron chi connectivity index (χ3n) is 7.02. The van der Waals surface area contributed by atoms with Crippen LogP contribution in [0.3, 0.4) is 0 Å². The second-order valence-corrected chi connectivity index (χ2v) is 8.76. The number of benzene rings is 2.